The van der Waals surface area contributed by atoms with Crippen LogP contribution in [0.5, 0.6) is 17.2 Å². The van der Waals surface area contributed by atoms with E-state index in [1.54, 1.807) is 0 Å². The van der Waals surface area contributed by atoms with Crippen LogP contribution < -0.4 is 9.47 Å². The molecule has 4 aromatic rings. The first-order valence-corrected chi connectivity index (χ1v) is 8.97. The summed E-state index contributed by atoms with van der Waals surface area (Å²) in [6.07, 6.45) is 0. The minimum absolute atomic E-state index is 0.538. The molecule has 0 fully saturated rings. The third-order valence-electron chi connectivity index (χ3n) is 4.25. The van der Waals surface area contributed by atoms with Gasteiger partial charge in [-0.15, -0.1) is 0 Å². The van der Waals surface area contributed by atoms with Gasteiger partial charge in [0.2, 0.25) is 0 Å². The van der Waals surface area contributed by atoms with Gasteiger partial charge in [0.15, 0.2) is 0 Å². The molecule has 0 spiro atoms. The molecule has 0 unspecified atom stereocenters. The number of rotatable bonds is 6. The van der Waals surface area contributed by atoms with Crippen LogP contribution in [-0.2, 0) is 6.61 Å². The average Bonchev–Trinajstić information content (AvgIpc) is 2.75. The molecule has 0 saturated heterocycles. The molecule has 2 nitrogen and oxygen atoms in total. The van der Waals surface area contributed by atoms with Gasteiger partial charge in [0.25, 0.3) is 0 Å². The molecule has 0 aromatic heterocycles. The van der Waals surface area contributed by atoms with Crippen molar-refractivity contribution in [2.24, 2.45) is 0 Å². The van der Waals surface area contributed by atoms with Crippen molar-refractivity contribution in [3.05, 3.63) is 115 Å². The molecule has 0 bridgehead atoms. The van der Waals surface area contributed by atoms with Crippen molar-refractivity contribution in [1.82, 2.24) is 0 Å². The molecular weight excluding hydrogens is 332 g/mol. The molecule has 0 aliphatic carbocycles. The molecule has 0 heterocycles. The van der Waals surface area contributed by atoms with Crippen LogP contribution in [0.2, 0.25) is 0 Å². The highest BCUT2D eigenvalue weighted by Crippen LogP contribution is 2.28. The maximum atomic E-state index is 5.98. The summed E-state index contributed by atoms with van der Waals surface area (Å²) in [6, 6.07) is 36.3. The predicted molar refractivity (Wildman–Crippen MR) is 109 cm³/mol. The fraction of sp³-hybridized carbons (Fsp3) is 0.0400. The molecule has 4 rings (SSSR count). The van der Waals surface area contributed by atoms with Crippen molar-refractivity contribution in [2.75, 3.05) is 0 Å². The molecule has 0 atom stereocenters. The average molecular weight is 352 g/mol. The normalized spacial score (nSPS) is 10.4. The molecule has 0 saturated carbocycles. The topological polar surface area (TPSA) is 18.5 Å². The van der Waals surface area contributed by atoms with Gasteiger partial charge in [0.05, 0.1) is 0 Å². The van der Waals surface area contributed by atoms with Crippen LogP contribution >= 0.6 is 0 Å². The van der Waals surface area contributed by atoms with Gasteiger partial charge < -0.3 is 9.47 Å². The first-order valence-electron chi connectivity index (χ1n) is 8.97. The number of hydrogen-bond donors (Lipinski definition) is 0. The summed E-state index contributed by atoms with van der Waals surface area (Å²) in [6.45, 7) is 0.538. The molecule has 132 valence electrons. The Kier molecular flexibility index (Phi) is 5.16. The molecule has 27 heavy (non-hydrogen) atoms. The Morgan fingerprint density at radius 1 is 0.481 bits per heavy atom. The van der Waals surface area contributed by atoms with E-state index in [0.717, 1.165) is 22.8 Å². The van der Waals surface area contributed by atoms with Gasteiger partial charge in [-0.3, -0.25) is 0 Å². The quantitative estimate of drug-likeness (QED) is 0.383. The maximum absolute atomic E-state index is 5.98. The number of ether oxygens (including phenoxy) is 2. The zero-order valence-electron chi connectivity index (χ0n) is 14.9. The smallest absolute Gasteiger partial charge is 0.131 e. The van der Waals surface area contributed by atoms with Crippen LogP contribution in [-0.4, -0.2) is 0 Å². The highest BCUT2D eigenvalue weighted by molar-refractivity contribution is 5.64. The molecule has 0 amide bonds. The zero-order valence-corrected chi connectivity index (χ0v) is 14.9. The van der Waals surface area contributed by atoms with E-state index in [1.165, 1.54) is 11.1 Å². The summed E-state index contributed by atoms with van der Waals surface area (Å²) >= 11 is 0. The second kappa shape index (κ2) is 8.24. The van der Waals surface area contributed by atoms with Gasteiger partial charge in [-0.1, -0.05) is 78.9 Å². The maximum Gasteiger partial charge on any atom is 0.131 e. The van der Waals surface area contributed by atoms with Crippen molar-refractivity contribution in [2.45, 2.75) is 6.61 Å². The summed E-state index contributed by atoms with van der Waals surface area (Å²) in [5, 5.41) is 0. The number of hydrogen-bond acceptors (Lipinski definition) is 2. The Morgan fingerprint density at radius 2 is 1.11 bits per heavy atom. The standard InChI is InChI=1S/C25H20O2/c1-3-8-20(9-4-1)19-26-24-12-7-13-25(18-24)27-23-16-14-22(15-17-23)21-10-5-2-6-11-21/h1-18H,19H2. The van der Waals surface area contributed by atoms with Crippen LogP contribution in [0.1, 0.15) is 5.56 Å². The van der Waals surface area contributed by atoms with Gasteiger partial charge in [0.1, 0.15) is 23.9 Å². The summed E-state index contributed by atoms with van der Waals surface area (Å²) in [7, 11) is 0. The van der Waals surface area contributed by atoms with E-state index < -0.39 is 0 Å². The van der Waals surface area contributed by atoms with Gasteiger partial charge in [-0.25, -0.2) is 0 Å². The van der Waals surface area contributed by atoms with Crippen LogP contribution in [0.3, 0.4) is 0 Å². The summed E-state index contributed by atoms with van der Waals surface area (Å²) < 4.78 is 11.8. The predicted octanol–water partition coefficient (Wildman–Crippen LogP) is 6.72. The minimum atomic E-state index is 0.538. The molecule has 0 N–H and O–H groups in total. The largest absolute Gasteiger partial charge is 0.489 e. The molecular formula is C25H20O2. The van der Waals surface area contributed by atoms with E-state index in [4.69, 9.17) is 9.47 Å². The first kappa shape index (κ1) is 16.9. The molecule has 0 aliphatic heterocycles. The van der Waals surface area contributed by atoms with Gasteiger partial charge in [0, 0.05) is 6.07 Å². The highest BCUT2D eigenvalue weighted by Gasteiger charge is 2.02. The van der Waals surface area contributed by atoms with Crippen molar-refractivity contribution in [1.29, 1.82) is 0 Å². The van der Waals surface area contributed by atoms with Crippen molar-refractivity contribution >= 4 is 0 Å². The van der Waals surface area contributed by atoms with E-state index in [9.17, 15) is 0 Å². The lowest BCUT2D eigenvalue weighted by Crippen LogP contribution is -1.95. The lowest BCUT2D eigenvalue weighted by atomic mass is 10.1. The lowest BCUT2D eigenvalue weighted by molar-refractivity contribution is 0.304. The van der Waals surface area contributed by atoms with Gasteiger partial charge in [-0.05, 0) is 41.0 Å². The Labute approximate surface area is 159 Å². The Balaban J connectivity index is 1.42. The number of benzene rings is 4. The third-order valence-corrected chi connectivity index (χ3v) is 4.25. The minimum Gasteiger partial charge on any atom is -0.489 e. The summed E-state index contributed by atoms with van der Waals surface area (Å²) in [5.41, 5.74) is 3.50. The van der Waals surface area contributed by atoms with Gasteiger partial charge >= 0.3 is 0 Å². The van der Waals surface area contributed by atoms with Crippen molar-refractivity contribution in [3.63, 3.8) is 0 Å². The first-order chi connectivity index (χ1) is 13.4. The summed E-state index contributed by atoms with van der Waals surface area (Å²) in [5.74, 6) is 2.35. The zero-order chi connectivity index (χ0) is 18.3. The van der Waals surface area contributed by atoms with Gasteiger partial charge in [-0.2, -0.15) is 0 Å². The van der Waals surface area contributed by atoms with E-state index in [1.807, 2.05) is 72.8 Å². The Hall–Kier alpha value is -3.52. The third kappa shape index (κ3) is 4.56. The fourth-order valence-electron chi connectivity index (χ4n) is 2.85. The fourth-order valence-corrected chi connectivity index (χ4v) is 2.85. The molecule has 2 heteroatoms. The Bertz CT molecular complexity index is 977. The van der Waals surface area contributed by atoms with E-state index in [-0.39, 0.29) is 0 Å². The van der Waals surface area contributed by atoms with Crippen LogP contribution in [0, 0.1) is 0 Å². The summed E-state index contributed by atoms with van der Waals surface area (Å²) in [4.78, 5) is 0. The van der Waals surface area contributed by atoms with Crippen molar-refractivity contribution in [3.8, 4) is 28.4 Å². The molecule has 0 aliphatic rings. The second-order valence-corrected chi connectivity index (χ2v) is 6.24. The van der Waals surface area contributed by atoms with E-state index in [0.29, 0.717) is 6.61 Å². The highest BCUT2D eigenvalue weighted by atomic mass is 16.5. The van der Waals surface area contributed by atoms with Crippen LogP contribution in [0.25, 0.3) is 11.1 Å². The van der Waals surface area contributed by atoms with Crippen LogP contribution in [0.4, 0.5) is 0 Å². The molecule has 0 radical (unpaired) electrons. The molecule has 4 aromatic carbocycles. The van der Waals surface area contributed by atoms with E-state index in [2.05, 4.69) is 36.4 Å². The SMILES string of the molecule is c1ccc(COc2cccc(Oc3ccc(-c4ccccc4)cc3)c2)cc1. The monoisotopic (exact) mass is 352 g/mol. The van der Waals surface area contributed by atoms with Crippen molar-refractivity contribution < 1.29 is 9.47 Å². The van der Waals surface area contributed by atoms with E-state index >= 15 is 0 Å². The van der Waals surface area contributed by atoms with Crippen LogP contribution in [0.15, 0.2) is 109 Å². The Morgan fingerprint density at radius 3 is 1.85 bits per heavy atom. The lowest BCUT2D eigenvalue weighted by Gasteiger charge is -2.10. The second-order valence-electron chi connectivity index (χ2n) is 6.24.